The Labute approximate surface area is 181 Å². The number of hydrogen-bond donors (Lipinski definition) is 2. The summed E-state index contributed by atoms with van der Waals surface area (Å²) in [5.41, 5.74) is 0. The maximum Gasteiger partial charge on any atom is 0.191 e. The minimum Gasteiger partial charge on any atom is -0.385 e. The molecule has 1 aliphatic heterocycles. The molecule has 0 saturated carbocycles. The number of guanidine groups is 1. The van der Waals surface area contributed by atoms with Crippen LogP contribution in [0.15, 0.2) is 17.4 Å². The fourth-order valence-corrected chi connectivity index (χ4v) is 3.38. The zero-order valence-electron chi connectivity index (χ0n) is 17.1. The molecule has 0 amide bonds. The standard InChI is InChI=1S/C19H36N6O.HI/c1-17-21-10-15-25(17)12-5-4-9-22-19(20-2)23-18-7-13-24(14-8-18)11-6-16-26-3;/h10,15,18H,4-9,11-14,16H2,1-3H3,(H2,20,22,23);1H. The smallest absolute Gasteiger partial charge is 0.191 e. The zero-order valence-corrected chi connectivity index (χ0v) is 19.4. The molecule has 8 heteroatoms. The molecule has 2 rings (SSSR count). The van der Waals surface area contributed by atoms with Gasteiger partial charge in [0, 0.05) is 71.9 Å². The number of likely N-dealkylation sites (tertiary alicyclic amines) is 1. The average Bonchev–Trinajstić information content (AvgIpc) is 3.07. The molecule has 1 aromatic heterocycles. The molecule has 27 heavy (non-hydrogen) atoms. The van der Waals surface area contributed by atoms with Crippen LogP contribution in [0.25, 0.3) is 0 Å². The maximum atomic E-state index is 5.14. The van der Waals surface area contributed by atoms with E-state index in [1.54, 1.807) is 7.11 Å². The SMILES string of the molecule is CN=C(NCCCCn1ccnc1C)NC1CCN(CCCOC)CC1.I. The molecule has 0 unspecified atom stereocenters. The predicted octanol–water partition coefficient (Wildman–Crippen LogP) is 2.26. The van der Waals surface area contributed by atoms with E-state index in [0.717, 1.165) is 70.4 Å². The van der Waals surface area contributed by atoms with Crippen molar-refractivity contribution in [1.82, 2.24) is 25.1 Å². The number of halogens is 1. The van der Waals surface area contributed by atoms with E-state index in [0.29, 0.717) is 6.04 Å². The molecule has 7 nitrogen and oxygen atoms in total. The molecule has 1 aromatic rings. The van der Waals surface area contributed by atoms with Gasteiger partial charge in [-0.05, 0) is 39.0 Å². The third-order valence-electron chi connectivity index (χ3n) is 5.02. The van der Waals surface area contributed by atoms with Crippen LogP contribution < -0.4 is 10.6 Å². The number of imidazole rings is 1. The summed E-state index contributed by atoms with van der Waals surface area (Å²) >= 11 is 0. The lowest BCUT2D eigenvalue weighted by molar-refractivity contribution is 0.155. The van der Waals surface area contributed by atoms with Crippen molar-refractivity contribution in [2.45, 2.75) is 51.6 Å². The second-order valence-electron chi connectivity index (χ2n) is 6.98. The van der Waals surface area contributed by atoms with Crippen molar-refractivity contribution in [3.8, 4) is 0 Å². The Morgan fingerprint density at radius 2 is 2.04 bits per heavy atom. The second-order valence-corrected chi connectivity index (χ2v) is 6.98. The van der Waals surface area contributed by atoms with Gasteiger partial charge in [-0.15, -0.1) is 24.0 Å². The summed E-state index contributed by atoms with van der Waals surface area (Å²) in [7, 11) is 3.62. The molecule has 2 heterocycles. The molecule has 0 spiro atoms. The Morgan fingerprint density at radius 1 is 1.26 bits per heavy atom. The lowest BCUT2D eigenvalue weighted by Gasteiger charge is -2.33. The van der Waals surface area contributed by atoms with Crippen LogP contribution in [0.5, 0.6) is 0 Å². The Balaban J connectivity index is 0.00000364. The Hall–Kier alpha value is -0.870. The maximum absolute atomic E-state index is 5.14. The summed E-state index contributed by atoms with van der Waals surface area (Å²) in [6.07, 6.45) is 9.64. The zero-order chi connectivity index (χ0) is 18.6. The van der Waals surface area contributed by atoms with Gasteiger partial charge in [0.15, 0.2) is 5.96 Å². The number of unbranched alkanes of at least 4 members (excludes halogenated alkanes) is 1. The van der Waals surface area contributed by atoms with Crippen LogP contribution in [-0.4, -0.2) is 73.4 Å². The van der Waals surface area contributed by atoms with Crippen LogP contribution >= 0.6 is 24.0 Å². The van der Waals surface area contributed by atoms with Crippen LogP contribution in [0.1, 0.15) is 37.9 Å². The van der Waals surface area contributed by atoms with Crippen LogP contribution in [-0.2, 0) is 11.3 Å². The van der Waals surface area contributed by atoms with Gasteiger partial charge in [-0.3, -0.25) is 4.99 Å². The van der Waals surface area contributed by atoms with Crippen molar-refractivity contribution in [3.63, 3.8) is 0 Å². The Bertz CT molecular complexity index is 528. The van der Waals surface area contributed by atoms with Crippen molar-refractivity contribution in [1.29, 1.82) is 0 Å². The third-order valence-corrected chi connectivity index (χ3v) is 5.02. The van der Waals surface area contributed by atoms with Gasteiger partial charge in [0.05, 0.1) is 0 Å². The van der Waals surface area contributed by atoms with E-state index in [2.05, 4.69) is 30.1 Å². The molecule has 2 N–H and O–H groups in total. The monoisotopic (exact) mass is 492 g/mol. The van der Waals surface area contributed by atoms with Gasteiger partial charge in [0.2, 0.25) is 0 Å². The number of rotatable bonds is 10. The van der Waals surface area contributed by atoms with E-state index in [-0.39, 0.29) is 24.0 Å². The lowest BCUT2D eigenvalue weighted by Crippen LogP contribution is -2.49. The Morgan fingerprint density at radius 3 is 2.67 bits per heavy atom. The minimum absolute atomic E-state index is 0. The number of aryl methyl sites for hydroxylation is 2. The van der Waals surface area contributed by atoms with Crippen LogP contribution in [0.2, 0.25) is 0 Å². The summed E-state index contributed by atoms with van der Waals surface area (Å²) in [6, 6.07) is 0.522. The number of nitrogens with zero attached hydrogens (tertiary/aromatic N) is 4. The molecular weight excluding hydrogens is 455 g/mol. The van der Waals surface area contributed by atoms with Crippen molar-refractivity contribution >= 4 is 29.9 Å². The molecule has 0 bridgehead atoms. The average molecular weight is 492 g/mol. The molecule has 1 aliphatic rings. The van der Waals surface area contributed by atoms with Gasteiger partial charge in [0.1, 0.15) is 5.82 Å². The highest BCUT2D eigenvalue weighted by Crippen LogP contribution is 2.10. The number of aromatic nitrogens is 2. The number of ether oxygens (including phenoxy) is 1. The van der Waals surface area contributed by atoms with Crippen molar-refractivity contribution in [2.75, 3.05) is 46.9 Å². The largest absolute Gasteiger partial charge is 0.385 e. The highest BCUT2D eigenvalue weighted by Gasteiger charge is 2.19. The molecular formula is C19H37IN6O. The van der Waals surface area contributed by atoms with E-state index in [4.69, 9.17) is 4.74 Å². The number of nitrogens with one attached hydrogen (secondary N) is 2. The van der Waals surface area contributed by atoms with Crippen LogP contribution in [0, 0.1) is 6.92 Å². The fraction of sp³-hybridized carbons (Fsp3) is 0.789. The van der Waals surface area contributed by atoms with E-state index in [9.17, 15) is 0 Å². The first-order valence-electron chi connectivity index (χ1n) is 9.89. The van der Waals surface area contributed by atoms with Gasteiger partial charge in [0.25, 0.3) is 0 Å². The quantitative estimate of drug-likeness (QED) is 0.227. The van der Waals surface area contributed by atoms with E-state index < -0.39 is 0 Å². The van der Waals surface area contributed by atoms with Gasteiger partial charge >= 0.3 is 0 Å². The predicted molar refractivity (Wildman–Crippen MR) is 122 cm³/mol. The van der Waals surface area contributed by atoms with E-state index in [1.807, 2.05) is 26.4 Å². The van der Waals surface area contributed by atoms with Gasteiger partial charge in [-0.1, -0.05) is 0 Å². The number of hydrogen-bond acceptors (Lipinski definition) is 4. The van der Waals surface area contributed by atoms with Gasteiger partial charge in [-0.2, -0.15) is 0 Å². The van der Waals surface area contributed by atoms with E-state index >= 15 is 0 Å². The van der Waals surface area contributed by atoms with Crippen LogP contribution in [0.4, 0.5) is 0 Å². The molecule has 0 aromatic carbocycles. The highest BCUT2D eigenvalue weighted by atomic mass is 127. The van der Waals surface area contributed by atoms with Crippen molar-refractivity contribution < 1.29 is 4.74 Å². The number of piperidine rings is 1. The molecule has 0 atom stereocenters. The third kappa shape index (κ3) is 9.25. The molecule has 0 aliphatic carbocycles. The summed E-state index contributed by atoms with van der Waals surface area (Å²) < 4.78 is 7.34. The summed E-state index contributed by atoms with van der Waals surface area (Å²) in [5.74, 6) is 2.02. The first kappa shape index (κ1) is 24.2. The lowest BCUT2D eigenvalue weighted by atomic mass is 10.1. The molecule has 1 saturated heterocycles. The van der Waals surface area contributed by atoms with Gasteiger partial charge < -0.3 is 24.8 Å². The summed E-state index contributed by atoms with van der Waals surface area (Å²) in [5, 5.41) is 7.03. The molecule has 0 radical (unpaired) electrons. The minimum atomic E-state index is 0. The highest BCUT2D eigenvalue weighted by molar-refractivity contribution is 14.0. The number of aliphatic imine (C=N–C) groups is 1. The molecule has 1 fully saturated rings. The summed E-state index contributed by atoms with van der Waals surface area (Å²) in [4.78, 5) is 11.2. The fourth-order valence-electron chi connectivity index (χ4n) is 3.38. The van der Waals surface area contributed by atoms with E-state index in [1.165, 1.54) is 12.8 Å². The van der Waals surface area contributed by atoms with Crippen LogP contribution in [0.3, 0.4) is 0 Å². The van der Waals surface area contributed by atoms with Crippen molar-refractivity contribution in [3.05, 3.63) is 18.2 Å². The van der Waals surface area contributed by atoms with Gasteiger partial charge in [-0.25, -0.2) is 4.98 Å². The normalized spacial score (nSPS) is 16.2. The number of methoxy groups -OCH3 is 1. The second kappa shape index (κ2) is 14.2. The Kier molecular flexibility index (Phi) is 12.7. The van der Waals surface area contributed by atoms with Crippen molar-refractivity contribution in [2.24, 2.45) is 4.99 Å². The molecule has 156 valence electrons. The topological polar surface area (TPSA) is 66.7 Å². The summed E-state index contributed by atoms with van der Waals surface area (Å²) in [6.45, 7) is 8.33. The first-order chi connectivity index (χ1) is 12.7. The first-order valence-corrected chi connectivity index (χ1v) is 9.89.